The van der Waals surface area contributed by atoms with Crippen LogP contribution in [0.5, 0.6) is 0 Å². The summed E-state index contributed by atoms with van der Waals surface area (Å²) < 4.78 is 0. The predicted molar refractivity (Wildman–Crippen MR) is 83.1 cm³/mol. The highest BCUT2D eigenvalue weighted by Gasteiger charge is 2.04. The lowest BCUT2D eigenvalue weighted by molar-refractivity contribution is 0.971. The van der Waals surface area contributed by atoms with Crippen LogP contribution >= 0.6 is 11.8 Å². The van der Waals surface area contributed by atoms with E-state index in [1.54, 1.807) is 24.5 Å². The molecule has 5 nitrogen and oxygen atoms in total. The van der Waals surface area contributed by atoms with Crippen LogP contribution in [0, 0.1) is 0 Å². The maximum Gasteiger partial charge on any atom is 0.247 e. The molecule has 3 N–H and O–H groups in total. The zero-order valence-electron chi connectivity index (χ0n) is 11.0. The van der Waals surface area contributed by atoms with Crippen LogP contribution < -0.4 is 11.3 Å². The Balaban J connectivity index is 1.89. The van der Waals surface area contributed by atoms with Gasteiger partial charge < -0.3 is 10.7 Å². The van der Waals surface area contributed by atoms with Crippen LogP contribution in [0.15, 0.2) is 69.7 Å². The van der Waals surface area contributed by atoms with E-state index in [0.717, 1.165) is 16.2 Å². The van der Waals surface area contributed by atoms with E-state index >= 15 is 0 Å². The van der Waals surface area contributed by atoms with Gasteiger partial charge in [0, 0.05) is 34.6 Å². The van der Waals surface area contributed by atoms with E-state index in [-0.39, 0.29) is 5.56 Å². The molecule has 1 aromatic carbocycles. The van der Waals surface area contributed by atoms with Crippen LogP contribution in [0.2, 0.25) is 0 Å². The molecule has 0 unspecified atom stereocenters. The van der Waals surface area contributed by atoms with Gasteiger partial charge in [-0.15, -0.1) is 0 Å². The minimum Gasteiger partial charge on any atom is -0.399 e. The third-order valence-electron chi connectivity index (χ3n) is 2.78. The first-order chi connectivity index (χ1) is 10.2. The number of aromatic nitrogens is 3. The zero-order valence-corrected chi connectivity index (χ0v) is 11.8. The van der Waals surface area contributed by atoms with Gasteiger partial charge in [0.05, 0.1) is 5.69 Å². The fraction of sp³-hybridized carbons (Fsp3) is 0. The van der Waals surface area contributed by atoms with Crippen molar-refractivity contribution < 1.29 is 0 Å². The maximum absolute atomic E-state index is 11.1. The molecule has 0 fully saturated rings. The normalized spacial score (nSPS) is 10.5. The topological polar surface area (TPSA) is 84.7 Å². The molecule has 0 bridgehead atoms. The molecule has 0 amide bonds. The van der Waals surface area contributed by atoms with Crippen molar-refractivity contribution in [2.75, 3.05) is 5.73 Å². The molecule has 0 saturated heterocycles. The predicted octanol–water partition coefficient (Wildman–Crippen LogP) is 2.57. The SMILES string of the molecule is Nc1cccc(Sc2nccc(-c3ccc(=O)[nH]c3)n2)c1. The fourth-order valence-corrected chi connectivity index (χ4v) is 2.61. The number of H-pyrrole nitrogens is 1. The van der Waals surface area contributed by atoms with Gasteiger partial charge in [-0.1, -0.05) is 6.07 Å². The van der Waals surface area contributed by atoms with Gasteiger partial charge in [0.1, 0.15) is 0 Å². The average molecular weight is 296 g/mol. The molecule has 104 valence electrons. The molecule has 2 aromatic heterocycles. The summed E-state index contributed by atoms with van der Waals surface area (Å²) in [5.74, 6) is 0. The van der Waals surface area contributed by atoms with E-state index in [0.29, 0.717) is 10.8 Å². The Hall–Kier alpha value is -2.60. The van der Waals surface area contributed by atoms with Crippen LogP contribution in [0.4, 0.5) is 5.69 Å². The largest absolute Gasteiger partial charge is 0.399 e. The van der Waals surface area contributed by atoms with Crippen LogP contribution in [0.1, 0.15) is 0 Å². The number of aromatic amines is 1. The molecule has 6 heteroatoms. The van der Waals surface area contributed by atoms with Crippen molar-refractivity contribution in [1.82, 2.24) is 15.0 Å². The van der Waals surface area contributed by atoms with Gasteiger partial charge in [-0.2, -0.15) is 0 Å². The number of nitrogen functional groups attached to an aromatic ring is 1. The number of pyridine rings is 1. The van der Waals surface area contributed by atoms with Gasteiger partial charge in [0.25, 0.3) is 0 Å². The van der Waals surface area contributed by atoms with Crippen molar-refractivity contribution in [3.63, 3.8) is 0 Å². The Labute approximate surface area is 125 Å². The zero-order chi connectivity index (χ0) is 14.7. The lowest BCUT2D eigenvalue weighted by atomic mass is 10.2. The van der Waals surface area contributed by atoms with Crippen molar-refractivity contribution in [2.45, 2.75) is 10.1 Å². The molecule has 0 aliphatic carbocycles. The number of hydrogen-bond donors (Lipinski definition) is 2. The Morgan fingerprint density at radius 1 is 1.14 bits per heavy atom. The number of rotatable bonds is 3. The van der Waals surface area contributed by atoms with E-state index in [2.05, 4.69) is 15.0 Å². The standard InChI is InChI=1S/C15H12N4OS/c16-11-2-1-3-12(8-11)21-15-17-7-6-13(19-15)10-4-5-14(20)18-9-10/h1-9H,16H2,(H,18,20). The third kappa shape index (κ3) is 3.29. The Kier molecular flexibility index (Phi) is 3.70. The Morgan fingerprint density at radius 3 is 2.81 bits per heavy atom. The number of nitrogens with two attached hydrogens (primary N) is 1. The van der Waals surface area contributed by atoms with Crippen molar-refractivity contribution in [3.05, 3.63) is 65.2 Å². The second kappa shape index (κ2) is 5.80. The Morgan fingerprint density at radius 2 is 2.05 bits per heavy atom. The van der Waals surface area contributed by atoms with Crippen molar-refractivity contribution in [3.8, 4) is 11.3 Å². The monoisotopic (exact) mass is 296 g/mol. The lowest BCUT2D eigenvalue weighted by Gasteiger charge is -2.04. The van der Waals surface area contributed by atoms with Crippen LogP contribution in [-0.4, -0.2) is 15.0 Å². The number of benzene rings is 1. The first-order valence-electron chi connectivity index (χ1n) is 6.26. The molecule has 3 rings (SSSR count). The fourth-order valence-electron chi connectivity index (χ4n) is 1.80. The molecular formula is C15H12N4OS. The molecule has 21 heavy (non-hydrogen) atoms. The molecule has 0 atom stereocenters. The summed E-state index contributed by atoms with van der Waals surface area (Å²) in [6.45, 7) is 0. The lowest BCUT2D eigenvalue weighted by Crippen LogP contribution is -2.02. The quantitative estimate of drug-likeness (QED) is 0.573. The smallest absolute Gasteiger partial charge is 0.247 e. The Bertz CT molecular complexity index is 811. The highest BCUT2D eigenvalue weighted by atomic mass is 32.2. The van der Waals surface area contributed by atoms with E-state index in [1.165, 1.54) is 17.8 Å². The van der Waals surface area contributed by atoms with E-state index in [9.17, 15) is 4.79 Å². The number of nitrogens with zero attached hydrogens (tertiary/aromatic N) is 2. The summed E-state index contributed by atoms with van der Waals surface area (Å²) in [5, 5.41) is 0.629. The first-order valence-corrected chi connectivity index (χ1v) is 7.08. The van der Waals surface area contributed by atoms with Crippen molar-refractivity contribution in [1.29, 1.82) is 0 Å². The summed E-state index contributed by atoms with van der Waals surface area (Å²) in [7, 11) is 0. The molecule has 0 radical (unpaired) electrons. The molecule has 0 spiro atoms. The van der Waals surface area contributed by atoms with E-state index < -0.39 is 0 Å². The van der Waals surface area contributed by atoms with Crippen molar-refractivity contribution >= 4 is 17.4 Å². The third-order valence-corrected chi connectivity index (χ3v) is 3.65. The molecule has 0 aliphatic rings. The van der Waals surface area contributed by atoms with Crippen molar-refractivity contribution in [2.24, 2.45) is 0 Å². The summed E-state index contributed by atoms with van der Waals surface area (Å²) in [4.78, 5) is 23.4. The van der Waals surface area contributed by atoms with Gasteiger partial charge in [0.15, 0.2) is 5.16 Å². The molecular weight excluding hydrogens is 284 g/mol. The molecule has 0 aliphatic heterocycles. The van der Waals surface area contributed by atoms with Crippen LogP contribution in [0.3, 0.4) is 0 Å². The van der Waals surface area contributed by atoms with Gasteiger partial charge in [-0.3, -0.25) is 4.79 Å². The highest BCUT2D eigenvalue weighted by Crippen LogP contribution is 2.27. The number of anilines is 1. The van der Waals surface area contributed by atoms with E-state index in [4.69, 9.17) is 5.73 Å². The van der Waals surface area contributed by atoms with Gasteiger partial charge in [-0.25, -0.2) is 9.97 Å². The minimum absolute atomic E-state index is 0.137. The highest BCUT2D eigenvalue weighted by molar-refractivity contribution is 7.99. The summed E-state index contributed by atoms with van der Waals surface area (Å²) in [5.41, 5.74) is 7.92. The molecule has 3 aromatic rings. The molecule has 0 saturated carbocycles. The number of nitrogens with one attached hydrogen (secondary N) is 1. The average Bonchev–Trinajstić information content (AvgIpc) is 2.48. The second-order valence-corrected chi connectivity index (χ2v) is 5.38. The van der Waals surface area contributed by atoms with Gasteiger partial charge in [0.2, 0.25) is 5.56 Å². The van der Waals surface area contributed by atoms with E-state index in [1.807, 2.05) is 24.3 Å². The summed E-state index contributed by atoms with van der Waals surface area (Å²) in [6, 6.07) is 12.6. The van der Waals surface area contributed by atoms with Gasteiger partial charge in [-0.05, 0) is 42.1 Å². The first kappa shape index (κ1) is 13.4. The molecule has 2 heterocycles. The van der Waals surface area contributed by atoms with Crippen LogP contribution in [0.25, 0.3) is 11.3 Å². The second-order valence-electron chi connectivity index (χ2n) is 4.34. The summed E-state index contributed by atoms with van der Waals surface area (Å²) >= 11 is 1.44. The number of hydrogen-bond acceptors (Lipinski definition) is 5. The van der Waals surface area contributed by atoms with Gasteiger partial charge >= 0.3 is 0 Å². The maximum atomic E-state index is 11.1. The van der Waals surface area contributed by atoms with Crippen LogP contribution in [-0.2, 0) is 0 Å². The summed E-state index contributed by atoms with van der Waals surface area (Å²) in [6.07, 6.45) is 3.34. The minimum atomic E-state index is -0.137.